The maximum absolute atomic E-state index is 6.41. The van der Waals surface area contributed by atoms with Crippen LogP contribution in [-0.4, -0.2) is 19.6 Å². The second kappa shape index (κ2) is 6.62. The summed E-state index contributed by atoms with van der Waals surface area (Å²) in [6, 6.07) is 6.17. The summed E-state index contributed by atoms with van der Waals surface area (Å²) in [4.78, 5) is 2.45. The highest BCUT2D eigenvalue weighted by molar-refractivity contribution is 6.33. The normalized spacial score (nSPS) is 17.2. The van der Waals surface area contributed by atoms with Crippen LogP contribution in [0.1, 0.15) is 32.3 Å². The fourth-order valence-corrected chi connectivity index (χ4v) is 3.37. The van der Waals surface area contributed by atoms with Crippen LogP contribution in [0.4, 0.5) is 5.69 Å². The molecule has 0 saturated carbocycles. The fourth-order valence-electron chi connectivity index (χ4n) is 3.06. The van der Waals surface area contributed by atoms with E-state index in [-0.39, 0.29) is 0 Å². The molecule has 106 valence electrons. The molecule has 1 aliphatic rings. The Morgan fingerprint density at radius 2 is 2.00 bits per heavy atom. The molecule has 0 bridgehead atoms. The molecule has 0 aliphatic carbocycles. The van der Waals surface area contributed by atoms with Crippen LogP contribution in [0.15, 0.2) is 18.2 Å². The minimum atomic E-state index is 0.676. The summed E-state index contributed by atoms with van der Waals surface area (Å²) < 4.78 is 0. The minimum Gasteiger partial charge on any atom is -0.370 e. The topological polar surface area (TPSA) is 29.3 Å². The predicted molar refractivity (Wildman–Crippen MR) is 84.0 cm³/mol. The molecule has 1 saturated heterocycles. The molecule has 1 heterocycles. The van der Waals surface area contributed by atoms with Crippen molar-refractivity contribution in [2.24, 2.45) is 17.6 Å². The van der Waals surface area contributed by atoms with Crippen LogP contribution in [0.2, 0.25) is 5.02 Å². The van der Waals surface area contributed by atoms with Crippen LogP contribution in [-0.2, 0) is 6.42 Å². The summed E-state index contributed by atoms with van der Waals surface area (Å²) in [6.07, 6.45) is 3.44. The maximum atomic E-state index is 6.41. The highest BCUT2D eigenvalue weighted by Crippen LogP contribution is 2.34. The van der Waals surface area contributed by atoms with E-state index in [9.17, 15) is 0 Å². The SMILES string of the molecule is CC(C)C1CCN(c2c(Cl)cccc2CCN)CC1. The molecule has 0 aromatic heterocycles. The van der Waals surface area contributed by atoms with Crippen molar-refractivity contribution in [3.63, 3.8) is 0 Å². The Hall–Kier alpha value is -0.730. The van der Waals surface area contributed by atoms with Gasteiger partial charge in [0.15, 0.2) is 0 Å². The zero-order chi connectivity index (χ0) is 13.8. The van der Waals surface area contributed by atoms with Gasteiger partial charge in [0.25, 0.3) is 0 Å². The van der Waals surface area contributed by atoms with E-state index in [2.05, 4.69) is 24.8 Å². The number of benzene rings is 1. The first-order valence-corrected chi connectivity index (χ1v) is 7.73. The molecule has 19 heavy (non-hydrogen) atoms. The van der Waals surface area contributed by atoms with Crippen molar-refractivity contribution in [3.8, 4) is 0 Å². The Kier molecular flexibility index (Phi) is 5.12. The first-order chi connectivity index (χ1) is 9.13. The second-order valence-corrected chi connectivity index (χ2v) is 6.26. The first kappa shape index (κ1) is 14.7. The average molecular weight is 281 g/mol. The zero-order valence-electron chi connectivity index (χ0n) is 12.0. The van der Waals surface area contributed by atoms with E-state index in [1.165, 1.54) is 24.1 Å². The van der Waals surface area contributed by atoms with Gasteiger partial charge in [-0.15, -0.1) is 0 Å². The van der Waals surface area contributed by atoms with Crippen molar-refractivity contribution in [1.29, 1.82) is 0 Å². The largest absolute Gasteiger partial charge is 0.370 e. The van der Waals surface area contributed by atoms with Gasteiger partial charge < -0.3 is 10.6 Å². The number of halogens is 1. The van der Waals surface area contributed by atoms with Crippen LogP contribution >= 0.6 is 11.6 Å². The molecule has 1 fully saturated rings. The van der Waals surface area contributed by atoms with Gasteiger partial charge in [-0.1, -0.05) is 37.6 Å². The lowest BCUT2D eigenvalue weighted by Gasteiger charge is -2.36. The van der Waals surface area contributed by atoms with Crippen LogP contribution in [0, 0.1) is 11.8 Å². The Morgan fingerprint density at radius 1 is 1.32 bits per heavy atom. The quantitative estimate of drug-likeness (QED) is 0.911. The van der Waals surface area contributed by atoms with Gasteiger partial charge in [0.05, 0.1) is 10.7 Å². The highest BCUT2D eigenvalue weighted by Gasteiger charge is 2.24. The van der Waals surface area contributed by atoms with Crippen molar-refractivity contribution in [2.75, 3.05) is 24.5 Å². The molecule has 2 nitrogen and oxygen atoms in total. The third-order valence-electron chi connectivity index (χ3n) is 4.28. The summed E-state index contributed by atoms with van der Waals surface area (Å²) >= 11 is 6.41. The van der Waals surface area contributed by atoms with E-state index in [4.69, 9.17) is 17.3 Å². The van der Waals surface area contributed by atoms with Crippen molar-refractivity contribution in [2.45, 2.75) is 33.1 Å². The number of rotatable bonds is 4. The lowest BCUT2D eigenvalue weighted by atomic mass is 9.86. The number of hydrogen-bond acceptors (Lipinski definition) is 2. The standard InChI is InChI=1S/C16H25ClN2/c1-12(2)13-7-10-19(11-8-13)16-14(6-9-18)4-3-5-15(16)17/h3-5,12-13H,6-11,18H2,1-2H3. The van der Waals surface area contributed by atoms with E-state index < -0.39 is 0 Å². The average Bonchev–Trinajstić information content (AvgIpc) is 2.39. The van der Waals surface area contributed by atoms with Crippen LogP contribution in [0.3, 0.4) is 0 Å². The number of nitrogens with two attached hydrogens (primary N) is 1. The molecule has 0 spiro atoms. The third-order valence-corrected chi connectivity index (χ3v) is 4.59. The minimum absolute atomic E-state index is 0.676. The van der Waals surface area contributed by atoms with Crippen molar-refractivity contribution in [1.82, 2.24) is 0 Å². The Morgan fingerprint density at radius 3 is 2.58 bits per heavy atom. The van der Waals surface area contributed by atoms with Crippen molar-refractivity contribution < 1.29 is 0 Å². The smallest absolute Gasteiger partial charge is 0.0642 e. The molecule has 0 atom stereocenters. The van der Waals surface area contributed by atoms with Gasteiger partial charge in [0.1, 0.15) is 0 Å². The molecule has 2 N–H and O–H groups in total. The van der Waals surface area contributed by atoms with E-state index in [0.29, 0.717) is 6.54 Å². The molecular weight excluding hydrogens is 256 g/mol. The number of para-hydroxylation sites is 1. The summed E-state index contributed by atoms with van der Waals surface area (Å²) in [5, 5.41) is 0.869. The predicted octanol–water partition coefficient (Wildman–Crippen LogP) is 3.71. The first-order valence-electron chi connectivity index (χ1n) is 7.36. The summed E-state index contributed by atoms with van der Waals surface area (Å²) in [5.41, 5.74) is 8.22. The molecule has 2 rings (SSSR count). The molecule has 3 heteroatoms. The zero-order valence-corrected chi connectivity index (χ0v) is 12.8. The van der Waals surface area contributed by atoms with Crippen molar-refractivity contribution >= 4 is 17.3 Å². The number of anilines is 1. The Bertz CT molecular complexity index is 409. The number of piperidine rings is 1. The maximum Gasteiger partial charge on any atom is 0.0642 e. The van der Waals surface area contributed by atoms with E-state index >= 15 is 0 Å². The molecule has 0 amide bonds. The molecule has 0 radical (unpaired) electrons. The van der Waals surface area contributed by atoms with Crippen LogP contribution in [0.25, 0.3) is 0 Å². The van der Waals surface area contributed by atoms with Gasteiger partial charge in [0, 0.05) is 13.1 Å². The lowest BCUT2D eigenvalue weighted by Crippen LogP contribution is -2.36. The van der Waals surface area contributed by atoms with Gasteiger partial charge >= 0.3 is 0 Å². The van der Waals surface area contributed by atoms with Gasteiger partial charge in [-0.25, -0.2) is 0 Å². The third kappa shape index (κ3) is 3.43. The summed E-state index contributed by atoms with van der Waals surface area (Å²) in [6.45, 7) is 7.56. The van der Waals surface area contributed by atoms with Gasteiger partial charge in [0.2, 0.25) is 0 Å². The van der Waals surface area contributed by atoms with Crippen molar-refractivity contribution in [3.05, 3.63) is 28.8 Å². The Labute approximate surface area is 121 Å². The molecule has 1 aromatic carbocycles. The van der Waals surface area contributed by atoms with E-state index in [1.807, 2.05) is 12.1 Å². The monoisotopic (exact) mass is 280 g/mol. The van der Waals surface area contributed by atoms with Gasteiger partial charge in [-0.3, -0.25) is 0 Å². The van der Waals surface area contributed by atoms with Crippen LogP contribution in [0.5, 0.6) is 0 Å². The molecule has 0 unspecified atom stereocenters. The number of hydrogen-bond donors (Lipinski definition) is 1. The van der Waals surface area contributed by atoms with Gasteiger partial charge in [-0.05, 0) is 49.3 Å². The summed E-state index contributed by atoms with van der Waals surface area (Å²) in [7, 11) is 0. The molecule has 1 aliphatic heterocycles. The molecular formula is C16H25ClN2. The lowest BCUT2D eigenvalue weighted by molar-refractivity contribution is 0.311. The Balaban J connectivity index is 2.14. The highest BCUT2D eigenvalue weighted by atomic mass is 35.5. The molecule has 1 aromatic rings. The number of nitrogens with zero attached hydrogens (tertiary/aromatic N) is 1. The van der Waals surface area contributed by atoms with Crippen LogP contribution < -0.4 is 10.6 Å². The summed E-state index contributed by atoms with van der Waals surface area (Å²) in [5.74, 6) is 1.65. The second-order valence-electron chi connectivity index (χ2n) is 5.85. The fraction of sp³-hybridized carbons (Fsp3) is 0.625. The van der Waals surface area contributed by atoms with E-state index in [1.54, 1.807) is 0 Å². The van der Waals surface area contributed by atoms with Gasteiger partial charge in [-0.2, -0.15) is 0 Å². The van der Waals surface area contributed by atoms with E-state index in [0.717, 1.165) is 36.4 Å².